The van der Waals surface area contributed by atoms with Crippen LogP contribution >= 0.6 is 15.9 Å². The Kier molecular flexibility index (Phi) is 3.99. The van der Waals surface area contributed by atoms with E-state index in [0.29, 0.717) is 23.9 Å². The minimum atomic E-state index is 0.570. The summed E-state index contributed by atoms with van der Waals surface area (Å²) in [6.45, 7) is 2.50. The van der Waals surface area contributed by atoms with Crippen LogP contribution in [-0.2, 0) is 6.54 Å². The Balaban J connectivity index is 2.37. The van der Waals surface area contributed by atoms with Gasteiger partial charge in [0.25, 0.3) is 0 Å². The van der Waals surface area contributed by atoms with Crippen molar-refractivity contribution in [2.45, 2.75) is 13.5 Å². The van der Waals surface area contributed by atoms with Gasteiger partial charge in [0, 0.05) is 10.0 Å². The molecular weight excluding hydrogens is 310 g/mol. The van der Waals surface area contributed by atoms with Gasteiger partial charge in [0.1, 0.15) is 5.82 Å². The number of hydrogen-bond acceptors (Lipinski definition) is 4. The van der Waals surface area contributed by atoms with E-state index in [0.717, 1.165) is 15.6 Å². The normalized spacial score (nSPS) is 10.5. The molecule has 0 bridgehead atoms. The second-order valence-corrected chi connectivity index (χ2v) is 5.02. The second-order valence-electron chi connectivity index (χ2n) is 4.17. The van der Waals surface area contributed by atoms with Gasteiger partial charge in [0.05, 0.1) is 27.0 Å². The Morgan fingerprint density at radius 2 is 1.89 bits per heavy atom. The van der Waals surface area contributed by atoms with Crippen LogP contribution in [0.25, 0.3) is 0 Å². The summed E-state index contributed by atoms with van der Waals surface area (Å²) in [7, 11) is 3.22. The lowest BCUT2D eigenvalue weighted by Crippen LogP contribution is -2.07. The lowest BCUT2D eigenvalue weighted by Gasteiger charge is -2.12. The van der Waals surface area contributed by atoms with E-state index in [1.165, 1.54) is 0 Å². The molecule has 2 N–H and O–H groups in total. The van der Waals surface area contributed by atoms with E-state index in [4.69, 9.17) is 15.2 Å². The summed E-state index contributed by atoms with van der Waals surface area (Å²) in [4.78, 5) is 0. The molecule has 1 heterocycles. The van der Waals surface area contributed by atoms with E-state index in [1.54, 1.807) is 25.1 Å². The van der Waals surface area contributed by atoms with E-state index in [1.807, 2.05) is 19.1 Å². The summed E-state index contributed by atoms with van der Waals surface area (Å²) in [6, 6.07) is 3.79. The number of rotatable bonds is 4. The molecule has 0 unspecified atom stereocenters. The van der Waals surface area contributed by atoms with Crippen LogP contribution in [0.4, 0.5) is 5.82 Å². The van der Waals surface area contributed by atoms with E-state index in [2.05, 4.69) is 21.0 Å². The molecule has 0 fully saturated rings. The van der Waals surface area contributed by atoms with E-state index >= 15 is 0 Å². The topological polar surface area (TPSA) is 62.3 Å². The number of nitrogens with two attached hydrogens (primary N) is 1. The largest absolute Gasteiger partial charge is 0.493 e. The predicted octanol–water partition coefficient (Wildman–Crippen LogP) is 2.60. The van der Waals surface area contributed by atoms with Crippen LogP contribution in [0.2, 0.25) is 0 Å². The maximum absolute atomic E-state index is 5.96. The molecule has 0 atom stereocenters. The van der Waals surface area contributed by atoms with Crippen molar-refractivity contribution >= 4 is 21.7 Å². The molecule has 0 aliphatic carbocycles. The number of ether oxygens (including phenoxy) is 2. The zero-order valence-electron chi connectivity index (χ0n) is 11.1. The Morgan fingerprint density at radius 1 is 1.26 bits per heavy atom. The van der Waals surface area contributed by atoms with Crippen LogP contribution < -0.4 is 15.2 Å². The highest BCUT2D eigenvalue weighted by molar-refractivity contribution is 9.10. The van der Waals surface area contributed by atoms with Crippen molar-refractivity contribution in [3.63, 3.8) is 0 Å². The number of anilines is 1. The minimum Gasteiger partial charge on any atom is -0.493 e. The Hall–Kier alpha value is -1.69. The van der Waals surface area contributed by atoms with Crippen molar-refractivity contribution in [3.05, 3.63) is 33.9 Å². The van der Waals surface area contributed by atoms with Gasteiger partial charge in [-0.3, -0.25) is 0 Å². The molecule has 0 saturated heterocycles. The molecule has 1 aromatic carbocycles. The van der Waals surface area contributed by atoms with Crippen molar-refractivity contribution in [1.82, 2.24) is 9.78 Å². The highest BCUT2D eigenvalue weighted by Crippen LogP contribution is 2.33. The zero-order valence-corrected chi connectivity index (χ0v) is 12.7. The Morgan fingerprint density at radius 3 is 2.42 bits per heavy atom. The molecular formula is C13H16BrN3O2. The first-order chi connectivity index (χ1) is 9.06. The third-order valence-electron chi connectivity index (χ3n) is 2.95. The number of hydrogen-bond donors (Lipinski definition) is 1. The number of nitrogen functional groups attached to an aromatic ring is 1. The molecule has 0 radical (unpaired) electrons. The van der Waals surface area contributed by atoms with Crippen molar-refractivity contribution in [2.75, 3.05) is 20.0 Å². The number of nitrogens with zero attached hydrogens (tertiary/aromatic N) is 2. The lowest BCUT2D eigenvalue weighted by molar-refractivity contribution is 0.354. The molecule has 1 aromatic heterocycles. The van der Waals surface area contributed by atoms with E-state index in [9.17, 15) is 0 Å². The van der Waals surface area contributed by atoms with Crippen molar-refractivity contribution in [2.24, 2.45) is 0 Å². The third kappa shape index (κ3) is 2.68. The van der Waals surface area contributed by atoms with Crippen LogP contribution in [0.5, 0.6) is 11.5 Å². The number of benzene rings is 1. The smallest absolute Gasteiger partial charge is 0.161 e. The fourth-order valence-corrected chi connectivity index (χ4v) is 2.24. The summed E-state index contributed by atoms with van der Waals surface area (Å²) in [5, 5.41) is 4.25. The van der Waals surface area contributed by atoms with Crippen molar-refractivity contribution < 1.29 is 9.47 Å². The number of aryl methyl sites for hydroxylation is 1. The van der Waals surface area contributed by atoms with Crippen LogP contribution in [0.15, 0.2) is 22.8 Å². The van der Waals surface area contributed by atoms with Crippen molar-refractivity contribution in [1.29, 1.82) is 0 Å². The SMILES string of the molecule is COc1cc(Br)c(Cn2ncc(C)c2N)cc1OC. The van der Waals surface area contributed by atoms with Crippen LogP contribution in [0.1, 0.15) is 11.1 Å². The van der Waals surface area contributed by atoms with Gasteiger partial charge < -0.3 is 15.2 Å². The van der Waals surface area contributed by atoms with Crippen LogP contribution in [-0.4, -0.2) is 24.0 Å². The molecule has 2 rings (SSSR count). The predicted molar refractivity (Wildman–Crippen MR) is 77.7 cm³/mol. The van der Waals surface area contributed by atoms with Crippen LogP contribution in [0.3, 0.4) is 0 Å². The summed E-state index contributed by atoms with van der Waals surface area (Å²) in [5.74, 6) is 2.03. The van der Waals surface area contributed by atoms with Gasteiger partial charge in [-0.25, -0.2) is 4.68 Å². The maximum Gasteiger partial charge on any atom is 0.161 e. The van der Waals surface area contributed by atoms with E-state index in [-0.39, 0.29) is 0 Å². The minimum absolute atomic E-state index is 0.570. The highest BCUT2D eigenvalue weighted by atomic mass is 79.9. The molecule has 0 aliphatic heterocycles. The second kappa shape index (κ2) is 5.52. The third-order valence-corrected chi connectivity index (χ3v) is 3.68. The van der Waals surface area contributed by atoms with Gasteiger partial charge in [0.2, 0.25) is 0 Å². The molecule has 5 nitrogen and oxygen atoms in total. The molecule has 6 heteroatoms. The maximum atomic E-state index is 5.96. The van der Waals surface area contributed by atoms with Gasteiger partial charge in [0.15, 0.2) is 11.5 Å². The fraction of sp³-hybridized carbons (Fsp3) is 0.308. The first-order valence-electron chi connectivity index (χ1n) is 5.75. The first-order valence-corrected chi connectivity index (χ1v) is 6.54. The first kappa shape index (κ1) is 13.7. The van der Waals surface area contributed by atoms with Gasteiger partial charge in [-0.1, -0.05) is 15.9 Å². The molecule has 0 aliphatic rings. The van der Waals surface area contributed by atoms with Crippen molar-refractivity contribution in [3.8, 4) is 11.5 Å². The fourth-order valence-electron chi connectivity index (χ4n) is 1.79. The molecule has 2 aromatic rings. The number of aromatic nitrogens is 2. The van der Waals surface area contributed by atoms with Gasteiger partial charge in [-0.15, -0.1) is 0 Å². The summed E-state index contributed by atoms with van der Waals surface area (Å²) in [5.41, 5.74) is 7.95. The number of methoxy groups -OCH3 is 2. The summed E-state index contributed by atoms with van der Waals surface area (Å²) in [6.07, 6.45) is 1.75. The summed E-state index contributed by atoms with van der Waals surface area (Å²) < 4.78 is 13.2. The van der Waals surface area contributed by atoms with Crippen LogP contribution in [0, 0.1) is 6.92 Å². The molecule has 102 valence electrons. The molecule has 0 saturated carbocycles. The summed E-state index contributed by atoms with van der Waals surface area (Å²) >= 11 is 3.52. The Labute approximate surface area is 120 Å². The van der Waals surface area contributed by atoms with E-state index < -0.39 is 0 Å². The lowest BCUT2D eigenvalue weighted by atomic mass is 10.2. The standard InChI is InChI=1S/C13H16BrN3O2/c1-8-6-16-17(13(8)15)7-9-4-11(18-2)12(19-3)5-10(9)14/h4-6H,7,15H2,1-3H3. The molecule has 19 heavy (non-hydrogen) atoms. The monoisotopic (exact) mass is 325 g/mol. The quantitative estimate of drug-likeness (QED) is 0.938. The van der Waals surface area contributed by atoms with Gasteiger partial charge >= 0.3 is 0 Å². The average Bonchev–Trinajstić information content (AvgIpc) is 2.72. The number of halogens is 1. The highest BCUT2D eigenvalue weighted by Gasteiger charge is 2.12. The zero-order chi connectivity index (χ0) is 14.0. The average molecular weight is 326 g/mol. The van der Waals surface area contributed by atoms with Gasteiger partial charge in [-0.05, 0) is 24.6 Å². The van der Waals surface area contributed by atoms with Gasteiger partial charge in [-0.2, -0.15) is 5.10 Å². The molecule has 0 amide bonds. The molecule has 0 spiro atoms. The Bertz CT molecular complexity index is 596.